The number of hydrogen-bond donors (Lipinski definition) is 0. The highest BCUT2D eigenvalue weighted by Gasteiger charge is 2.24. The van der Waals surface area contributed by atoms with Crippen molar-refractivity contribution in [2.45, 2.75) is 13.1 Å². The summed E-state index contributed by atoms with van der Waals surface area (Å²) < 4.78 is 5.30. The first-order valence-electron chi connectivity index (χ1n) is 3.70. The highest BCUT2D eigenvalue weighted by molar-refractivity contribution is 5.86. The molecule has 0 aliphatic rings. The van der Waals surface area contributed by atoms with Crippen molar-refractivity contribution < 1.29 is 14.5 Å². The fourth-order valence-electron chi connectivity index (χ4n) is 0.860. The normalized spacial score (nSPS) is 12.1. The van der Waals surface area contributed by atoms with Crippen molar-refractivity contribution in [1.29, 1.82) is 0 Å². The van der Waals surface area contributed by atoms with E-state index in [0.29, 0.717) is 0 Å². The van der Waals surface area contributed by atoms with E-state index in [0.717, 1.165) is 10.9 Å². The molecule has 0 fully saturated rings. The number of nitrogens with zero attached hydrogens (tertiary/aromatic N) is 4. The van der Waals surface area contributed by atoms with Gasteiger partial charge in [-0.1, -0.05) is 5.21 Å². The summed E-state index contributed by atoms with van der Waals surface area (Å²) in [5.41, 5.74) is -0.0447. The summed E-state index contributed by atoms with van der Waals surface area (Å²) in [6.07, 6.45) is -0.0298. The minimum absolute atomic E-state index is 0.0447. The molecule has 14 heavy (non-hydrogen) atoms. The Hall–Kier alpha value is -1.99. The van der Waals surface area contributed by atoms with Gasteiger partial charge in [0.15, 0.2) is 5.69 Å². The van der Waals surface area contributed by atoms with Crippen molar-refractivity contribution in [1.82, 2.24) is 15.0 Å². The Morgan fingerprint density at radius 1 is 1.79 bits per heavy atom. The molecule has 76 valence electrons. The minimum atomic E-state index is -1.15. The van der Waals surface area contributed by atoms with Crippen molar-refractivity contribution in [2.75, 3.05) is 7.11 Å². The lowest BCUT2D eigenvalue weighted by Gasteiger charge is -2.05. The van der Waals surface area contributed by atoms with Crippen LogP contribution in [0.3, 0.4) is 0 Å². The summed E-state index contributed by atoms with van der Waals surface area (Å²) >= 11 is 0. The van der Waals surface area contributed by atoms with E-state index >= 15 is 0 Å². The van der Waals surface area contributed by atoms with E-state index in [1.54, 1.807) is 0 Å². The van der Waals surface area contributed by atoms with Crippen LogP contribution in [0.25, 0.3) is 0 Å². The number of ether oxygens (including phenoxy) is 1. The monoisotopic (exact) mass is 200 g/mol. The third kappa shape index (κ3) is 1.68. The average Bonchev–Trinajstić information content (AvgIpc) is 2.63. The Balaban J connectivity index is 3.04. The van der Waals surface area contributed by atoms with Crippen LogP contribution in [0, 0.1) is 10.1 Å². The maximum atomic E-state index is 11.1. The van der Waals surface area contributed by atoms with Crippen molar-refractivity contribution in [3.8, 4) is 0 Å². The van der Waals surface area contributed by atoms with Gasteiger partial charge in [-0.25, -0.2) is 4.79 Å². The van der Waals surface area contributed by atoms with Gasteiger partial charge in [0.05, 0.1) is 13.3 Å². The topological polar surface area (TPSA) is 100 Å². The zero-order valence-electron chi connectivity index (χ0n) is 7.58. The number of carbonyl (C=O) groups excluding carboxylic acids is 1. The SMILES string of the molecule is COC(=O)c1cnnn1C(C)[N+](=O)[O-]. The Bertz CT molecular complexity index is 360. The first-order chi connectivity index (χ1) is 6.57. The van der Waals surface area contributed by atoms with E-state index in [4.69, 9.17) is 0 Å². The van der Waals surface area contributed by atoms with Crippen LogP contribution in [0.2, 0.25) is 0 Å². The van der Waals surface area contributed by atoms with Crippen LogP contribution in [0.5, 0.6) is 0 Å². The molecule has 0 saturated heterocycles. The Morgan fingerprint density at radius 3 is 2.93 bits per heavy atom. The lowest BCUT2D eigenvalue weighted by Crippen LogP contribution is -2.21. The lowest BCUT2D eigenvalue weighted by molar-refractivity contribution is -0.545. The minimum Gasteiger partial charge on any atom is -0.464 e. The maximum absolute atomic E-state index is 11.1. The first kappa shape index (κ1) is 10.1. The summed E-state index contributed by atoms with van der Waals surface area (Å²) in [6.45, 7) is 1.29. The summed E-state index contributed by atoms with van der Waals surface area (Å²) in [7, 11) is 1.18. The molecule has 8 nitrogen and oxygen atoms in total. The maximum Gasteiger partial charge on any atom is 0.358 e. The third-order valence-corrected chi connectivity index (χ3v) is 1.63. The number of esters is 1. The lowest BCUT2D eigenvalue weighted by atomic mass is 10.4. The van der Waals surface area contributed by atoms with Crippen LogP contribution in [0.4, 0.5) is 0 Å². The van der Waals surface area contributed by atoms with Gasteiger partial charge in [-0.2, -0.15) is 4.68 Å². The fourth-order valence-corrected chi connectivity index (χ4v) is 0.860. The van der Waals surface area contributed by atoms with Crippen molar-refractivity contribution in [3.63, 3.8) is 0 Å². The van der Waals surface area contributed by atoms with E-state index in [-0.39, 0.29) is 5.69 Å². The molecule has 0 radical (unpaired) electrons. The van der Waals surface area contributed by atoms with Crippen LogP contribution in [-0.4, -0.2) is 33.0 Å². The molecule has 1 unspecified atom stereocenters. The van der Waals surface area contributed by atoms with Gasteiger partial charge in [-0.15, -0.1) is 5.10 Å². The molecular weight excluding hydrogens is 192 g/mol. The van der Waals surface area contributed by atoms with Gasteiger partial charge >= 0.3 is 12.1 Å². The zero-order valence-corrected chi connectivity index (χ0v) is 7.58. The predicted octanol–water partition coefficient (Wildman–Crippen LogP) is -0.140. The van der Waals surface area contributed by atoms with E-state index in [2.05, 4.69) is 15.0 Å². The Morgan fingerprint density at radius 2 is 2.43 bits per heavy atom. The quantitative estimate of drug-likeness (QED) is 0.382. The van der Waals surface area contributed by atoms with Crippen LogP contribution in [0.15, 0.2) is 6.20 Å². The average molecular weight is 200 g/mol. The second-order valence-corrected chi connectivity index (χ2v) is 2.47. The molecular formula is C6H8N4O4. The molecule has 8 heteroatoms. The van der Waals surface area contributed by atoms with E-state index in [1.165, 1.54) is 14.0 Å². The summed E-state index contributed by atoms with van der Waals surface area (Å²) in [5, 5.41) is 17.3. The Kier molecular flexibility index (Phi) is 2.75. The molecule has 1 atom stereocenters. The predicted molar refractivity (Wildman–Crippen MR) is 43.1 cm³/mol. The van der Waals surface area contributed by atoms with Gasteiger partial charge in [0.25, 0.3) is 0 Å². The van der Waals surface area contributed by atoms with Gasteiger partial charge in [0.2, 0.25) is 0 Å². The standard InChI is InChI=1S/C6H8N4O4/c1-4(10(12)13)9-5(3-7-8-9)6(11)14-2/h3-4H,1-2H3. The molecule has 0 aliphatic carbocycles. The van der Waals surface area contributed by atoms with Gasteiger partial charge in [-0.3, -0.25) is 10.1 Å². The molecule has 1 rings (SSSR count). The summed E-state index contributed by atoms with van der Waals surface area (Å²) in [6, 6.07) is 0. The first-order valence-corrected chi connectivity index (χ1v) is 3.70. The van der Waals surface area contributed by atoms with Crippen molar-refractivity contribution in [3.05, 3.63) is 22.0 Å². The number of methoxy groups -OCH3 is 1. The van der Waals surface area contributed by atoms with E-state index < -0.39 is 17.1 Å². The number of carbonyl (C=O) groups is 1. The zero-order chi connectivity index (χ0) is 10.7. The number of hydrogen-bond acceptors (Lipinski definition) is 6. The fraction of sp³-hybridized carbons (Fsp3) is 0.500. The van der Waals surface area contributed by atoms with Gasteiger partial charge in [0, 0.05) is 11.8 Å². The largest absolute Gasteiger partial charge is 0.464 e. The second kappa shape index (κ2) is 3.81. The highest BCUT2D eigenvalue weighted by Crippen LogP contribution is 2.08. The number of nitro groups is 1. The number of aromatic nitrogens is 3. The van der Waals surface area contributed by atoms with Gasteiger partial charge in [-0.05, 0) is 0 Å². The second-order valence-electron chi connectivity index (χ2n) is 2.47. The molecule has 0 N–H and O–H groups in total. The molecule has 1 aromatic rings. The van der Waals surface area contributed by atoms with E-state index in [1.807, 2.05) is 0 Å². The summed E-state index contributed by atoms with van der Waals surface area (Å²) in [5.74, 6) is -0.705. The van der Waals surface area contributed by atoms with E-state index in [9.17, 15) is 14.9 Å². The third-order valence-electron chi connectivity index (χ3n) is 1.63. The van der Waals surface area contributed by atoms with Crippen molar-refractivity contribution >= 4 is 5.97 Å². The smallest absolute Gasteiger partial charge is 0.358 e. The van der Waals surface area contributed by atoms with Gasteiger partial charge < -0.3 is 4.74 Å². The molecule has 1 heterocycles. The highest BCUT2D eigenvalue weighted by atomic mass is 16.6. The summed E-state index contributed by atoms with van der Waals surface area (Å²) in [4.78, 5) is 20.9. The molecule has 0 aromatic carbocycles. The molecule has 1 aromatic heterocycles. The molecule has 0 amide bonds. The molecule has 0 spiro atoms. The number of rotatable bonds is 3. The Labute approximate surface area is 78.6 Å². The van der Waals surface area contributed by atoms with Crippen LogP contribution >= 0.6 is 0 Å². The van der Waals surface area contributed by atoms with Crippen LogP contribution in [0.1, 0.15) is 23.6 Å². The molecule has 0 saturated carbocycles. The van der Waals surface area contributed by atoms with Crippen LogP contribution < -0.4 is 0 Å². The van der Waals surface area contributed by atoms with Gasteiger partial charge in [0.1, 0.15) is 0 Å². The molecule has 0 aliphatic heterocycles. The molecule has 0 bridgehead atoms. The van der Waals surface area contributed by atoms with Crippen LogP contribution in [-0.2, 0) is 4.74 Å². The van der Waals surface area contributed by atoms with Crippen molar-refractivity contribution in [2.24, 2.45) is 0 Å².